The van der Waals surface area contributed by atoms with Gasteiger partial charge in [0.1, 0.15) is 6.10 Å². The van der Waals surface area contributed by atoms with Gasteiger partial charge >= 0.3 is 11.9 Å². The van der Waals surface area contributed by atoms with Crippen LogP contribution in [0.3, 0.4) is 0 Å². The maximum Gasteiger partial charge on any atom is 0.303 e. The molecular weight excluding hydrogens is 216 g/mol. The molecule has 92 valence electrons. The predicted octanol–water partition coefficient (Wildman–Crippen LogP) is -0.0230. The number of aliphatic hydroxyl groups is 1. The Morgan fingerprint density at radius 2 is 1.81 bits per heavy atom. The maximum atomic E-state index is 10.9. The Morgan fingerprint density at radius 3 is 2.31 bits per heavy atom. The summed E-state index contributed by atoms with van der Waals surface area (Å²) in [6.07, 6.45) is -2.77. The Bertz CT molecular complexity index is 276. The van der Waals surface area contributed by atoms with E-state index in [2.05, 4.69) is 0 Å². The van der Waals surface area contributed by atoms with Crippen molar-refractivity contribution < 1.29 is 28.9 Å². The third-order valence-electron chi connectivity index (χ3n) is 2.25. The van der Waals surface area contributed by atoms with Gasteiger partial charge in [0.05, 0.1) is 6.10 Å². The van der Waals surface area contributed by atoms with E-state index in [0.717, 1.165) is 0 Å². The molecule has 0 aromatic rings. The Morgan fingerprint density at radius 1 is 1.25 bits per heavy atom. The van der Waals surface area contributed by atoms with Crippen LogP contribution in [0.15, 0.2) is 0 Å². The molecule has 0 aliphatic carbocycles. The van der Waals surface area contributed by atoms with Crippen LogP contribution in [0, 0.1) is 0 Å². The predicted molar refractivity (Wildman–Crippen MR) is 52.3 cm³/mol. The van der Waals surface area contributed by atoms with E-state index in [-0.39, 0.29) is 6.42 Å². The van der Waals surface area contributed by atoms with Crippen molar-refractivity contribution in [2.45, 2.75) is 51.8 Å². The van der Waals surface area contributed by atoms with Gasteiger partial charge in [0, 0.05) is 20.3 Å². The fraction of sp³-hybridized carbons (Fsp3) is 0.800. The van der Waals surface area contributed by atoms with Gasteiger partial charge in [-0.15, -0.1) is 0 Å². The van der Waals surface area contributed by atoms with E-state index in [1.165, 1.54) is 13.8 Å². The number of ether oxygens (including phenoxy) is 3. The van der Waals surface area contributed by atoms with E-state index in [1.54, 1.807) is 6.92 Å². The summed E-state index contributed by atoms with van der Waals surface area (Å²) in [5.41, 5.74) is 0. The molecule has 0 spiro atoms. The van der Waals surface area contributed by atoms with Crippen molar-refractivity contribution in [1.82, 2.24) is 0 Å². The van der Waals surface area contributed by atoms with Gasteiger partial charge in [0.25, 0.3) is 0 Å². The highest BCUT2D eigenvalue weighted by Gasteiger charge is 2.40. The molecule has 0 bridgehead atoms. The van der Waals surface area contributed by atoms with Gasteiger partial charge < -0.3 is 19.3 Å². The molecule has 0 radical (unpaired) electrons. The van der Waals surface area contributed by atoms with Crippen LogP contribution in [0.1, 0.15) is 27.2 Å². The summed E-state index contributed by atoms with van der Waals surface area (Å²) in [6.45, 7) is 4.17. The molecule has 16 heavy (non-hydrogen) atoms. The first-order chi connectivity index (χ1) is 7.40. The van der Waals surface area contributed by atoms with Crippen LogP contribution >= 0.6 is 0 Å². The second-order valence-electron chi connectivity index (χ2n) is 3.75. The third kappa shape index (κ3) is 3.46. The summed E-state index contributed by atoms with van der Waals surface area (Å²) >= 11 is 0. The van der Waals surface area contributed by atoms with Crippen molar-refractivity contribution in [3.63, 3.8) is 0 Å². The van der Waals surface area contributed by atoms with Crippen LogP contribution < -0.4 is 0 Å². The van der Waals surface area contributed by atoms with Crippen LogP contribution in [0.2, 0.25) is 0 Å². The molecule has 1 aliphatic heterocycles. The van der Waals surface area contributed by atoms with Crippen molar-refractivity contribution in [3.8, 4) is 0 Å². The largest absolute Gasteiger partial charge is 0.458 e. The fourth-order valence-corrected chi connectivity index (χ4v) is 1.71. The topological polar surface area (TPSA) is 82.1 Å². The standard InChI is InChI=1S/C10H16O6/c1-5-10(16-7(3)12)8(15-6(2)11)4-9(13)14-5/h5,8-10,13H,4H2,1-3H3/t5-,8-,9?,10+/m0/s1. The van der Waals surface area contributed by atoms with Gasteiger partial charge in [-0.25, -0.2) is 0 Å². The number of rotatable bonds is 2. The summed E-state index contributed by atoms with van der Waals surface area (Å²) in [7, 11) is 0. The first-order valence-electron chi connectivity index (χ1n) is 5.08. The molecule has 4 atom stereocenters. The fourth-order valence-electron chi connectivity index (χ4n) is 1.71. The van der Waals surface area contributed by atoms with Gasteiger partial charge in [-0.1, -0.05) is 0 Å². The number of aliphatic hydroxyl groups excluding tert-OH is 1. The summed E-state index contributed by atoms with van der Waals surface area (Å²) in [4.78, 5) is 21.8. The molecule has 0 saturated carbocycles. The molecule has 1 heterocycles. The molecule has 6 nitrogen and oxygen atoms in total. The second-order valence-corrected chi connectivity index (χ2v) is 3.75. The number of esters is 2. The third-order valence-corrected chi connectivity index (χ3v) is 2.25. The summed E-state index contributed by atoms with van der Waals surface area (Å²) in [6, 6.07) is 0. The molecule has 6 heteroatoms. The first-order valence-corrected chi connectivity index (χ1v) is 5.08. The first kappa shape index (κ1) is 12.9. The van der Waals surface area contributed by atoms with E-state index in [0.29, 0.717) is 0 Å². The van der Waals surface area contributed by atoms with Crippen LogP contribution in [0.4, 0.5) is 0 Å². The van der Waals surface area contributed by atoms with Crippen molar-refractivity contribution in [3.05, 3.63) is 0 Å². The van der Waals surface area contributed by atoms with Gasteiger partial charge in [0.2, 0.25) is 0 Å². The van der Waals surface area contributed by atoms with Crippen LogP contribution in [-0.4, -0.2) is 41.6 Å². The molecule has 1 N–H and O–H groups in total. The van der Waals surface area contributed by atoms with E-state index in [4.69, 9.17) is 14.2 Å². The zero-order valence-electron chi connectivity index (χ0n) is 9.50. The Labute approximate surface area is 93.5 Å². The lowest BCUT2D eigenvalue weighted by atomic mass is 10.0. The molecule has 0 aromatic carbocycles. The van der Waals surface area contributed by atoms with Gasteiger partial charge in [-0.3, -0.25) is 9.59 Å². The van der Waals surface area contributed by atoms with Gasteiger partial charge in [-0.05, 0) is 6.92 Å². The highest BCUT2D eigenvalue weighted by Crippen LogP contribution is 2.24. The van der Waals surface area contributed by atoms with Crippen molar-refractivity contribution in [2.24, 2.45) is 0 Å². The lowest BCUT2D eigenvalue weighted by Crippen LogP contribution is -2.50. The number of carbonyl (C=O) groups is 2. The summed E-state index contributed by atoms with van der Waals surface area (Å²) in [5.74, 6) is -0.961. The van der Waals surface area contributed by atoms with Gasteiger partial charge in [0.15, 0.2) is 12.4 Å². The Kier molecular flexibility index (Phi) is 4.26. The molecule has 0 aromatic heterocycles. The summed E-state index contributed by atoms with van der Waals surface area (Å²) in [5, 5.41) is 9.36. The molecule has 1 unspecified atom stereocenters. The van der Waals surface area contributed by atoms with Gasteiger partial charge in [-0.2, -0.15) is 0 Å². The van der Waals surface area contributed by atoms with E-state index >= 15 is 0 Å². The smallest absolute Gasteiger partial charge is 0.303 e. The van der Waals surface area contributed by atoms with Crippen molar-refractivity contribution in [1.29, 1.82) is 0 Å². The second kappa shape index (κ2) is 5.27. The van der Waals surface area contributed by atoms with E-state index < -0.39 is 36.5 Å². The number of hydrogen-bond acceptors (Lipinski definition) is 6. The lowest BCUT2D eigenvalue weighted by molar-refractivity contribution is -0.241. The molecular formula is C10H16O6. The Hall–Kier alpha value is -1.14. The molecule has 0 amide bonds. The van der Waals surface area contributed by atoms with E-state index in [9.17, 15) is 14.7 Å². The summed E-state index contributed by atoms with van der Waals surface area (Å²) < 4.78 is 15.1. The quantitative estimate of drug-likeness (QED) is 0.674. The number of hydrogen-bond donors (Lipinski definition) is 1. The Balaban J connectivity index is 2.71. The van der Waals surface area contributed by atoms with Crippen LogP contribution in [0.5, 0.6) is 0 Å². The average Bonchev–Trinajstić information content (AvgIpc) is 2.09. The molecule has 1 saturated heterocycles. The molecule has 1 fully saturated rings. The average molecular weight is 232 g/mol. The maximum absolute atomic E-state index is 10.9. The zero-order valence-corrected chi connectivity index (χ0v) is 9.50. The minimum Gasteiger partial charge on any atom is -0.458 e. The lowest BCUT2D eigenvalue weighted by Gasteiger charge is -2.37. The molecule has 1 rings (SSSR count). The van der Waals surface area contributed by atoms with Crippen molar-refractivity contribution >= 4 is 11.9 Å². The zero-order chi connectivity index (χ0) is 12.3. The van der Waals surface area contributed by atoms with Crippen LogP contribution in [0.25, 0.3) is 0 Å². The highest BCUT2D eigenvalue weighted by molar-refractivity contribution is 5.67. The minimum atomic E-state index is -1.01. The minimum absolute atomic E-state index is 0.0991. The SMILES string of the molecule is CC(=O)O[C@@H]1[C@H](C)OC(O)C[C@@H]1OC(C)=O. The van der Waals surface area contributed by atoms with Crippen LogP contribution in [-0.2, 0) is 23.8 Å². The monoisotopic (exact) mass is 232 g/mol. The number of carbonyl (C=O) groups excluding carboxylic acids is 2. The van der Waals surface area contributed by atoms with Crippen molar-refractivity contribution in [2.75, 3.05) is 0 Å². The highest BCUT2D eigenvalue weighted by atomic mass is 16.7. The normalized spacial score (nSPS) is 34.2. The van der Waals surface area contributed by atoms with E-state index in [1.807, 2.05) is 0 Å². The molecule has 1 aliphatic rings.